The molecule has 6 nitrogen and oxygen atoms in total. The van der Waals surface area contributed by atoms with Gasteiger partial charge in [0.2, 0.25) is 5.91 Å². The Balaban J connectivity index is 1.94. The van der Waals surface area contributed by atoms with Crippen molar-refractivity contribution in [1.29, 1.82) is 0 Å². The predicted octanol–water partition coefficient (Wildman–Crippen LogP) is 5.55. The smallest absolute Gasteiger partial charge is 0.352 e. The van der Waals surface area contributed by atoms with Crippen molar-refractivity contribution in [3.63, 3.8) is 0 Å². The first-order valence-corrected chi connectivity index (χ1v) is 10.5. The summed E-state index contributed by atoms with van der Waals surface area (Å²) in [6, 6.07) is 8.52. The molecule has 0 unspecified atom stereocenters. The molecule has 3 rings (SSSR count). The average molecular weight is 461 g/mol. The minimum Gasteiger partial charge on any atom is -0.352 e. The lowest BCUT2D eigenvalue weighted by Gasteiger charge is -2.19. The van der Waals surface area contributed by atoms with E-state index in [1.165, 1.54) is 12.1 Å². The number of anilines is 1. The first kappa shape index (κ1) is 24.3. The summed E-state index contributed by atoms with van der Waals surface area (Å²) in [5.41, 5.74) is -0.696. The lowest BCUT2D eigenvalue weighted by Crippen LogP contribution is -2.34. The predicted molar refractivity (Wildman–Crippen MR) is 121 cm³/mol. The molecule has 2 amide bonds. The number of hydrogen-bond donors (Lipinski definition) is 2. The van der Waals surface area contributed by atoms with Crippen LogP contribution in [0.25, 0.3) is 10.9 Å². The van der Waals surface area contributed by atoms with Crippen LogP contribution >= 0.6 is 0 Å². The lowest BCUT2D eigenvalue weighted by atomic mass is 9.95. The first-order chi connectivity index (χ1) is 15.3. The summed E-state index contributed by atoms with van der Waals surface area (Å²) in [6.07, 6.45) is -3.14. The van der Waals surface area contributed by atoms with Crippen LogP contribution in [0.5, 0.6) is 0 Å². The summed E-state index contributed by atoms with van der Waals surface area (Å²) < 4.78 is 42.7. The second-order valence-corrected chi connectivity index (χ2v) is 9.19. The van der Waals surface area contributed by atoms with Crippen LogP contribution in [-0.4, -0.2) is 21.6 Å². The number of carbonyl (C=O) groups is 2. The summed E-state index contributed by atoms with van der Waals surface area (Å²) in [6.45, 7) is 9.11. The molecule has 176 valence electrons. The molecule has 0 spiro atoms. The number of halogens is 3. The van der Waals surface area contributed by atoms with Crippen LogP contribution in [0, 0.1) is 5.41 Å². The molecule has 0 bridgehead atoms. The molecular formula is C24H27F3N4O2. The van der Waals surface area contributed by atoms with Crippen LogP contribution in [0.15, 0.2) is 42.6 Å². The van der Waals surface area contributed by atoms with Crippen molar-refractivity contribution >= 4 is 28.4 Å². The highest BCUT2D eigenvalue weighted by atomic mass is 19.4. The van der Waals surface area contributed by atoms with Gasteiger partial charge in [-0.3, -0.25) is 14.3 Å². The van der Waals surface area contributed by atoms with E-state index in [1.54, 1.807) is 43.8 Å². The van der Waals surface area contributed by atoms with E-state index < -0.39 is 28.6 Å². The molecule has 33 heavy (non-hydrogen) atoms. The van der Waals surface area contributed by atoms with Crippen molar-refractivity contribution in [3.05, 3.63) is 59.3 Å². The zero-order valence-electron chi connectivity index (χ0n) is 19.2. The number of nitrogens with zero attached hydrogens (tertiary/aromatic N) is 2. The topological polar surface area (TPSA) is 76.0 Å². The molecule has 1 aromatic heterocycles. The van der Waals surface area contributed by atoms with E-state index in [0.29, 0.717) is 16.6 Å². The third-order valence-corrected chi connectivity index (χ3v) is 5.15. The van der Waals surface area contributed by atoms with Gasteiger partial charge in [-0.15, -0.1) is 0 Å². The maximum atomic E-state index is 13.6. The maximum absolute atomic E-state index is 13.6. The maximum Gasteiger partial charge on any atom is 0.417 e. The summed E-state index contributed by atoms with van der Waals surface area (Å²) >= 11 is 0. The Hall–Kier alpha value is -3.36. The first-order valence-electron chi connectivity index (χ1n) is 10.5. The lowest BCUT2D eigenvalue weighted by molar-refractivity contribution is -0.138. The van der Waals surface area contributed by atoms with Crippen LogP contribution in [-0.2, 0) is 17.5 Å². The van der Waals surface area contributed by atoms with Gasteiger partial charge >= 0.3 is 6.18 Å². The van der Waals surface area contributed by atoms with Crippen LogP contribution < -0.4 is 10.6 Å². The molecule has 3 aromatic rings. The third kappa shape index (κ3) is 5.35. The molecule has 9 heteroatoms. The Morgan fingerprint density at radius 1 is 1.09 bits per heavy atom. The van der Waals surface area contributed by atoms with Crippen molar-refractivity contribution in [2.75, 3.05) is 5.32 Å². The average Bonchev–Trinajstić information content (AvgIpc) is 3.15. The molecule has 0 aliphatic rings. The molecule has 1 heterocycles. The van der Waals surface area contributed by atoms with Gasteiger partial charge in [0.25, 0.3) is 5.91 Å². The van der Waals surface area contributed by atoms with Gasteiger partial charge in [0.05, 0.1) is 28.5 Å². The van der Waals surface area contributed by atoms with Crippen LogP contribution in [0.4, 0.5) is 18.9 Å². The van der Waals surface area contributed by atoms with Gasteiger partial charge in [0, 0.05) is 23.4 Å². The molecule has 2 aromatic carbocycles. The second-order valence-electron chi connectivity index (χ2n) is 9.19. The number of benzene rings is 2. The van der Waals surface area contributed by atoms with Crippen molar-refractivity contribution in [2.24, 2.45) is 5.41 Å². The van der Waals surface area contributed by atoms with Crippen molar-refractivity contribution in [3.8, 4) is 0 Å². The number of fused-ring (bicyclic) bond motifs is 1. The highest BCUT2D eigenvalue weighted by Crippen LogP contribution is 2.33. The van der Waals surface area contributed by atoms with Crippen molar-refractivity contribution in [2.45, 2.75) is 53.4 Å². The number of nitrogens with one attached hydrogen (secondary N) is 2. The molecule has 2 N–H and O–H groups in total. The van der Waals surface area contributed by atoms with Gasteiger partial charge in [0.15, 0.2) is 0 Å². The van der Waals surface area contributed by atoms with E-state index in [1.807, 2.05) is 19.9 Å². The van der Waals surface area contributed by atoms with E-state index in [0.717, 1.165) is 11.6 Å². The fourth-order valence-electron chi connectivity index (χ4n) is 3.36. The molecule has 0 saturated carbocycles. The molecule has 0 aliphatic carbocycles. The Morgan fingerprint density at radius 3 is 2.39 bits per heavy atom. The number of hydrogen-bond acceptors (Lipinski definition) is 3. The SMILES string of the molecule is CC(C)n1ncc2c(NC(=O)c3cc(CNC(=O)C(C)(C)C)ccc3C(F)(F)F)cccc21. The van der Waals surface area contributed by atoms with Crippen LogP contribution in [0.3, 0.4) is 0 Å². The van der Waals surface area contributed by atoms with Crippen LogP contribution in [0.2, 0.25) is 0 Å². The Bertz CT molecular complexity index is 1190. The van der Waals surface area contributed by atoms with E-state index in [2.05, 4.69) is 15.7 Å². The summed E-state index contributed by atoms with van der Waals surface area (Å²) in [4.78, 5) is 25.1. The van der Waals surface area contributed by atoms with Gasteiger partial charge in [-0.1, -0.05) is 32.9 Å². The van der Waals surface area contributed by atoms with Gasteiger partial charge in [0.1, 0.15) is 0 Å². The zero-order valence-corrected chi connectivity index (χ0v) is 19.2. The quantitative estimate of drug-likeness (QED) is 0.524. The number of amides is 2. The monoisotopic (exact) mass is 460 g/mol. The van der Waals surface area contributed by atoms with E-state index >= 15 is 0 Å². The minimum atomic E-state index is -4.71. The normalized spacial score (nSPS) is 12.3. The van der Waals surface area contributed by atoms with Crippen LogP contribution in [0.1, 0.15) is 62.1 Å². The number of alkyl halides is 3. The number of aromatic nitrogens is 2. The number of rotatable bonds is 5. The van der Waals surface area contributed by atoms with E-state index in [9.17, 15) is 22.8 Å². The fraction of sp³-hybridized carbons (Fsp3) is 0.375. The highest BCUT2D eigenvalue weighted by molar-refractivity contribution is 6.09. The standard InChI is InChI=1S/C24H27F3N4O2/c1-14(2)31-20-8-6-7-19(17(20)13-29-31)30-21(32)16-11-15(9-10-18(16)24(25,26)27)12-28-22(33)23(3,4)5/h6-11,13-14H,12H2,1-5H3,(H,28,33)(H,30,32). The van der Waals surface area contributed by atoms with Crippen molar-refractivity contribution < 1.29 is 22.8 Å². The van der Waals surface area contributed by atoms with Gasteiger partial charge in [-0.05, 0) is 43.7 Å². The molecular weight excluding hydrogens is 433 g/mol. The molecule has 0 atom stereocenters. The zero-order chi connectivity index (χ0) is 24.6. The minimum absolute atomic E-state index is 0.00522. The summed E-state index contributed by atoms with van der Waals surface area (Å²) in [5, 5.41) is 10.2. The Kier molecular flexibility index (Phi) is 6.53. The molecule has 0 aliphatic heterocycles. The Labute approximate surface area is 190 Å². The molecule has 0 saturated heterocycles. The third-order valence-electron chi connectivity index (χ3n) is 5.15. The van der Waals surface area contributed by atoms with Gasteiger partial charge in [-0.2, -0.15) is 18.3 Å². The molecule has 0 fully saturated rings. The van der Waals surface area contributed by atoms with Crippen molar-refractivity contribution in [1.82, 2.24) is 15.1 Å². The Morgan fingerprint density at radius 2 is 1.79 bits per heavy atom. The summed E-state index contributed by atoms with van der Waals surface area (Å²) in [5.74, 6) is -1.14. The van der Waals surface area contributed by atoms with E-state index in [-0.39, 0.29) is 18.5 Å². The summed E-state index contributed by atoms with van der Waals surface area (Å²) in [7, 11) is 0. The second kappa shape index (κ2) is 8.88. The fourth-order valence-corrected chi connectivity index (χ4v) is 3.36. The van der Waals surface area contributed by atoms with Gasteiger partial charge < -0.3 is 10.6 Å². The van der Waals surface area contributed by atoms with Gasteiger partial charge in [-0.25, -0.2) is 0 Å². The largest absolute Gasteiger partial charge is 0.417 e. The number of carbonyl (C=O) groups excluding carboxylic acids is 2. The molecule has 0 radical (unpaired) electrons. The highest BCUT2D eigenvalue weighted by Gasteiger charge is 2.35. The van der Waals surface area contributed by atoms with E-state index in [4.69, 9.17) is 0 Å².